The fraction of sp³-hybridized carbons (Fsp3) is 0.333. The zero-order chi connectivity index (χ0) is 22.5. The van der Waals surface area contributed by atoms with Crippen LogP contribution in [0, 0.1) is 6.92 Å². The summed E-state index contributed by atoms with van der Waals surface area (Å²) in [5.74, 6) is -0.795. The van der Waals surface area contributed by atoms with Gasteiger partial charge in [-0.1, -0.05) is 45.8 Å². The fourth-order valence-corrected chi connectivity index (χ4v) is 4.22. The van der Waals surface area contributed by atoms with Gasteiger partial charge in [-0.05, 0) is 43.7 Å². The Bertz CT molecular complexity index is 992. The summed E-state index contributed by atoms with van der Waals surface area (Å²) in [7, 11) is -0.983. The van der Waals surface area contributed by atoms with E-state index in [1.165, 1.54) is 31.1 Å². The van der Waals surface area contributed by atoms with Crippen LogP contribution in [-0.2, 0) is 26.2 Å². The molecule has 2 rings (SSSR count). The van der Waals surface area contributed by atoms with Gasteiger partial charge in [0.05, 0.1) is 11.4 Å². The topological polar surface area (TPSA) is 86.8 Å². The molecular formula is C21H26BrN3O4S. The first kappa shape index (κ1) is 24.0. The first-order valence-electron chi connectivity index (χ1n) is 9.34. The largest absolute Gasteiger partial charge is 0.357 e. The number of benzene rings is 2. The van der Waals surface area contributed by atoms with Crippen molar-refractivity contribution in [3.8, 4) is 0 Å². The van der Waals surface area contributed by atoms with Gasteiger partial charge in [0.15, 0.2) is 0 Å². The van der Waals surface area contributed by atoms with Crippen molar-refractivity contribution in [2.75, 3.05) is 20.6 Å². The lowest BCUT2D eigenvalue weighted by Crippen LogP contribution is -2.50. The van der Waals surface area contributed by atoms with E-state index in [1.54, 1.807) is 19.1 Å². The van der Waals surface area contributed by atoms with Crippen LogP contribution in [0.4, 0.5) is 0 Å². The molecule has 0 saturated heterocycles. The van der Waals surface area contributed by atoms with Crippen LogP contribution in [0.25, 0.3) is 0 Å². The number of amides is 2. The lowest BCUT2D eigenvalue weighted by Gasteiger charge is -2.30. The van der Waals surface area contributed by atoms with Gasteiger partial charge >= 0.3 is 0 Å². The second kappa shape index (κ2) is 10.2. The standard InChI is InChI=1S/C21H26BrN3O4S/c1-15-5-11-19(12-6-15)30(28,29)24(4)14-20(26)25(16(2)21(27)23-3)13-17-7-9-18(22)10-8-17/h5-12,16H,13-14H2,1-4H3,(H,23,27)/t16-/m0/s1. The molecule has 9 heteroatoms. The molecule has 0 heterocycles. The van der Waals surface area contributed by atoms with Crippen molar-refractivity contribution in [2.45, 2.75) is 31.3 Å². The average Bonchev–Trinajstić information content (AvgIpc) is 2.72. The molecule has 0 unspecified atom stereocenters. The van der Waals surface area contributed by atoms with Gasteiger partial charge in [0, 0.05) is 25.1 Å². The molecule has 0 saturated carbocycles. The molecule has 7 nitrogen and oxygen atoms in total. The van der Waals surface area contributed by atoms with Gasteiger partial charge in [-0.15, -0.1) is 0 Å². The van der Waals surface area contributed by atoms with Gasteiger partial charge in [-0.2, -0.15) is 4.31 Å². The first-order valence-corrected chi connectivity index (χ1v) is 11.6. The molecule has 0 fully saturated rings. The maximum absolute atomic E-state index is 13.0. The van der Waals surface area contributed by atoms with E-state index in [1.807, 2.05) is 31.2 Å². The molecule has 30 heavy (non-hydrogen) atoms. The Labute approximate surface area is 186 Å². The Balaban J connectivity index is 2.24. The summed E-state index contributed by atoms with van der Waals surface area (Å²) in [4.78, 5) is 26.7. The number of nitrogens with zero attached hydrogens (tertiary/aromatic N) is 2. The van der Waals surface area contributed by atoms with Crippen molar-refractivity contribution < 1.29 is 18.0 Å². The highest BCUT2D eigenvalue weighted by Gasteiger charge is 2.29. The van der Waals surface area contributed by atoms with Crippen LogP contribution in [0.1, 0.15) is 18.1 Å². The van der Waals surface area contributed by atoms with E-state index in [9.17, 15) is 18.0 Å². The number of hydrogen-bond donors (Lipinski definition) is 1. The number of rotatable bonds is 8. The number of halogens is 1. The Hall–Kier alpha value is -2.23. The molecule has 0 aliphatic heterocycles. The summed E-state index contributed by atoms with van der Waals surface area (Å²) >= 11 is 3.37. The number of nitrogens with one attached hydrogen (secondary N) is 1. The molecule has 2 amide bonds. The Morgan fingerprint density at radius 1 is 1.07 bits per heavy atom. The van der Waals surface area contributed by atoms with Crippen LogP contribution in [0.2, 0.25) is 0 Å². The van der Waals surface area contributed by atoms with E-state index < -0.39 is 22.0 Å². The van der Waals surface area contributed by atoms with Gasteiger partial charge in [-0.3, -0.25) is 9.59 Å². The highest BCUT2D eigenvalue weighted by atomic mass is 79.9. The molecule has 2 aromatic rings. The Kier molecular flexibility index (Phi) is 8.17. The quantitative estimate of drug-likeness (QED) is 0.609. The second-order valence-corrected chi connectivity index (χ2v) is 9.97. The molecule has 0 aliphatic carbocycles. The first-order chi connectivity index (χ1) is 14.1. The normalized spacial score (nSPS) is 12.5. The molecular weight excluding hydrogens is 470 g/mol. The summed E-state index contributed by atoms with van der Waals surface area (Å²) in [6.45, 7) is 3.28. The van der Waals surface area contributed by atoms with Crippen molar-refractivity contribution >= 4 is 37.8 Å². The summed E-state index contributed by atoms with van der Waals surface area (Å²) < 4.78 is 27.6. The van der Waals surface area contributed by atoms with E-state index >= 15 is 0 Å². The zero-order valence-electron chi connectivity index (χ0n) is 17.4. The van der Waals surface area contributed by atoms with Crippen molar-refractivity contribution in [1.82, 2.24) is 14.5 Å². The van der Waals surface area contributed by atoms with Crippen LogP contribution in [0.3, 0.4) is 0 Å². The smallest absolute Gasteiger partial charge is 0.243 e. The molecule has 1 atom stereocenters. The number of carbonyl (C=O) groups excluding carboxylic acids is 2. The highest BCUT2D eigenvalue weighted by molar-refractivity contribution is 9.10. The van der Waals surface area contributed by atoms with E-state index in [0.717, 1.165) is 19.9 Å². The SMILES string of the molecule is CNC(=O)[C@H](C)N(Cc1ccc(Br)cc1)C(=O)CN(C)S(=O)(=O)c1ccc(C)cc1. The fourth-order valence-electron chi connectivity index (χ4n) is 2.83. The molecule has 0 aliphatic rings. The van der Waals surface area contributed by atoms with Crippen molar-refractivity contribution in [1.29, 1.82) is 0 Å². The molecule has 1 N–H and O–H groups in total. The van der Waals surface area contributed by atoms with Crippen LogP contribution in [0.5, 0.6) is 0 Å². The predicted octanol–water partition coefficient (Wildman–Crippen LogP) is 2.54. The molecule has 2 aromatic carbocycles. The monoisotopic (exact) mass is 495 g/mol. The van der Waals surface area contributed by atoms with Crippen LogP contribution in [0.15, 0.2) is 57.9 Å². The van der Waals surface area contributed by atoms with Crippen LogP contribution >= 0.6 is 15.9 Å². The lowest BCUT2D eigenvalue weighted by atomic mass is 10.1. The minimum Gasteiger partial charge on any atom is -0.357 e. The minimum atomic E-state index is -3.84. The van der Waals surface area contributed by atoms with Gasteiger partial charge in [-0.25, -0.2) is 8.42 Å². The van der Waals surface area contributed by atoms with Gasteiger partial charge in [0.1, 0.15) is 6.04 Å². The van der Waals surface area contributed by atoms with Gasteiger partial charge in [0.2, 0.25) is 21.8 Å². The van der Waals surface area contributed by atoms with Crippen LogP contribution in [-0.4, -0.2) is 56.1 Å². The van der Waals surface area contributed by atoms with Crippen molar-refractivity contribution in [2.24, 2.45) is 0 Å². The van der Waals surface area contributed by atoms with E-state index in [4.69, 9.17) is 0 Å². The van der Waals surface area contributed by atoms with Gasteiger partial charge in [0.25, 0.3) is 0 Å². The average molecular weight is 496 g/mol. The lowest BCUT2D eigenvalue weighted by molar-refractivity contribution is -0.140. The highest BCUT2D eigenvalue weighted by Crippen LogP contribution is 2.17. The summed E-state index contributed by atoms with van der Waals surface area (Å²) in [5.41, 5.74) is 1.76. The molecule has 0 aromatic heterocycles. The third kappa shape index (κ3) is 5.90. The van der Waals surface area contributed by atoms with Crippen LogP contribution < -0.4 is 5.32 Å². The third-order valence-corrected chi connectivity index (χ3v) is 7.11. The third-order valence-electron chi connectivity index (χ3n) is 4.77. The van der Waals surface area contributed by atoms with E-state index in [2.05, 4.69) is 21.2 Å². The molecule has 0 radical (unpaired) electrons. The maximum atomic E-state index is 13.0. The van der Waals surface area contributed by atoms with Crippen molar-refractivity contribution in [3.05, 3.63) is 64.1 Å². The van der Waals surface area contributed by atoms with Crippen molar-refractivity contribution in [3.63, 3.8) is 0 Å². The molecule has 162 valence electrons. The minimum absolute atomic E-state index is 0.113. The number of sulfonamides is 1. The molecule has 0 spiro atoms. The number of aryl methyl sites for hydroxylation is 1. The Morgan fingerprint density at radius 3 is 2.17 bits per heavy atom. The number of carbonyl (C=O) groups is 2. The summed E-state index contributed by atoms with van der Waals surface area (Å²) in [5, 5.41) is 2.54. The zero-order valence-corrected chi connectivity index (χ0v) is 19.8. The summed E-state index contributed by atoms with van der Waals surface area (Å²) in [6.07, 6.45) is 0. The van der Waals surface area contributed by atoms with E-state index in [-0.39, 0.29) is 23.9 Å². The summed E-state index contributed by atoms with van der Waals surface area (Å²) in [6, 6.07) is 13.0. The predicted molar refractivity (Wildman–Crippen MR) is 119 cm³/mol. The maximum Gasteiger partial charge on any atom is 0.243 e. The number of hydrogen-bond acceptors (Lipinski definition) is 4. The second-order valence-electron chi connectivity index (χ2n) is 7.01. The van der Waals surface area contributed by atoms with Gasteiger partial charge < -0.3 is 10.2 Å². The molecule has 0 bridgehead atoms. The van der Waals surface area contributed by atoms with E-state index in [0.29, 0.717) is 0 Å². The Morgan fingerprint density at radius 2 is 1.63 bits per heavy atom. The number of likely N-dealkylation sites (N-methyl/N-ethyl adjacent to an activating group) is 2.